The average Bonchev–Trinajstić information content (AvgIpc) is 2.76. The molecule has 3 rings (SSSR count). The van der Waals surface area contributed by atoms with Gasteiger partial charge in [-0.2, -0.15) is 0 Å². The van der Waals surface area contributed by atoms with E-state index in [0.717, 1.165) is 23.7 Å². The van der Waals surface area contributed by atoms with Crippen molar-refractivity contribution in [3.8, 4) is 0 Å². The third-order valence-electron chi connectivity index (χ3n) is 2.97. The fraction of sp³-hybridized carbons (Fsp3) is 0.231. The second-order valence-electron chi connectivity index (χ2n) is 3.99. The Balaban J connectivity index is 2.04. The highest BCUT2D eigenvalue weighted by Crippen LogP contribution is 2.30. The summed E-state index contributed by atoms with van der Waals surface area (Å²) in [6, 6.07) is 10.2. The van der Waals surface area contributed by atoms with Gasteiger partial charge in [-0.25, -0.2) is 0 Å². The molecule has 2 nitrogen and oxygen atoms in total. The Labute approximate surface area is 99.2 Å². The van der Waals surface area contributed by atoms with Crippen molar-refractivity contribution in [3.05, 3.63) is 58.5 Å². The second-order valence-corrected chi connectivity index (χ2v) is 4.43. The van der Waals surface area contributed by atoms with Gasteiger partial charge in [0, 0.05) is 23.6 Å². The maximum absolute atomic E-state index is 6.01. The standard InChI is InChI=1S/C13H12ClNO/c14-10-3-1-2-9(8-10)13-11-5-7-16-12(11)4-6-15-13/h1-3,5,7-8,13,15H,4,6H2. The lowest BCUT2D eigenvalue weighted by Crippen LogP contribution is -2.29. The summed E-state index contributed by atoms with van der Waals surface area (Å²) in [5, 5.41) is 4.26. The molecule has 1 aliphatic rings. The molecule has 82 valence electrons. The van der Waals surface area contributed by atoms with E-state index < -0.39 is 0 Å². The Bertz CT molecular complexity index is 506. The molecule has 1 N–H and O–H groups in total. The number of rotatable bonds is 1. The molecule has 2 heterocycles. The van der Waals surface area contributed by atoms with Crippen LogP contribution in [0.3, 0.4) is 0 Å². The van der Waals surface area contributed by atoms with Crippen molar-refractivity contribution < 1.29 is 4.42 Å². The van der Waals surface area contributed by atoms with Crippen molar-refractivity contribution >= 4 is 11.6 Å². The molecule has 1 aromatic heterocycles. The Kier molecular flexibility index (Phi) is 2.46. The third-order valence-corrected chi connectivity index (χ3v) is 3.21. The van der Waals surface area contributed by atoms with E-state index in [9.17, 15) is 0 Å². The van der Waals surface area contributed by atoms with Crippen molar-refractivity contribution in [2.24, 2.45) is 0 Å². The van der Waals surface area contributed by atoms with Gasteiger partial charge >= 0.3 is 0 Å². The van der Waals surface area contributed by atoms with Gasteiger partial charge in [0.05, 0.1) is 12.3 Å². The topological polar surface area (TPSA) is 25.2 Å². The Morgan fingerprint density at radius 1 is 1.31 bits per heavy atom. The van der Waals surface area contributed by atoms with Crippen molar-refractivity contribution in [3.63, 3.8) is 0 Å². The Hall–Kier alpha value is -1.25. The first-order chi connectivity index (χ1) is 7.84. The van der Waals surface area contributed by atoms with Gasteiger partial charge in [-0.05, 0) is 23.8 Å². The number of benzene rings is 1. The summed E-state index contributed by atoms with van der Waals surface area (Å²) in [7, 11) is 0. The zero-order chi connectivity index (χ0) is 11.0. The molecule has 0 bridgehead atoms. The summed E-state index contributed by atoms with van der Waals surface area (Å²) in [4.78, 5) is 0. The number of halogens is 1. The smallest absolute Gasteiger partial charge is 0.110 e. The summed E-state index contributed by atoms with van der Waals surface area (Å²) >= 11 is 6.01. The molecular formula is C13H12ClNO. The first kappa shape index (κ1) is 9.94. The van der Waals surface area contributed by atoms with E-state index in [1.54, 1.807) is 6.26 Å². The van der Waals surface area contributed by atoms with Crippen molar-refractivity contribution in [2.75, 3.05) is 6.54 Å². The van der Waals surface area contributed by atoms with Crippen LogP contribution in [-0.2, 0) is 6.42 Å². The monoisotopic (exact) mass is 233 g/mol. The van der Waals surface area contributed by atoms with Crippen LogP contribution in [-0.4, -0.2) is 6.54 Å². The Morgan fingerprint density at radius 2 is 2.25 bits per heavy atom. The third kappa shape index (κ3) is 1.64. The van der Waals surface area contributed by atoms with Crippen LogP contribution < -0.4 is 5.32 Å². The summed E-state index contributed by atoms with van der Waals surface area (Å²) in [6.07, 6.45) is 2.72. The summed E-state index contributed by atoms with van der Waals surface area (Å²) in [5.74, 6) is 1.09. The summed E-state index contributed by atoms with van der Waals surface area (Å²) in [6.45, 7) is 0.942. The minimum absolute atomic E-state index is 0.209. The van der Waals surface area contributed by atoms with E-state index in [1.807, 2.05) is 24.3 Å². The number of hydrogen-bond acceptors (Lipinski definition) is 2. The van der Waals surface area contributed by atoms with E-state index in [-0.39, 0.29) is 6.04 Å². The highest BCUT2D eigenvalue weighted by atomic mass is 35.5. The van der Waals surface area contributed by atoms with Gasteiger partial charge in [0.2, 0.25) is 0 Å². The van der Waals surface area contributed by atoms with Crippen LogP contribution >= 0.6 is 11.6 Å². The molecule has 1 aliphatic heterocycles. The zero-order valence-corrected chi connectivity index (χ0v) is 9.50. The molecule has 16 heavy (non-hydrogen) atoms. The predicted octanol–water partition coefficient (Wildman–Crippen LogP) is 3.17. The molecule has 0 radical (unpaired) electrons. The first-order valence-electron chi connectivity index (χ1n) is 5.40. The SMILES string of the molecule is Clc1cccc(C2NCCc3occc32)c1. The van der Waals surface area contributed by atoms with Crippen LogP contribution in [0.2, 0.25) is 5.02 Å². The molecule has 2 aromatic rings. The van der Waals surface area contributed by atoms with E-state index in [4.69, 9.17) is 16.0 Å². The molecule has 0 saturated heterocycles. The van der Waals surface area contributed by atoms with Crippen LogP contribution in [0.15, 0.2) is 41.0 Å². The minimum atomic E-state index is 0.209. The van der Waals surface area contributed by atoms with Gasteiger partial charge in [0.15, 0.2) is 0 Å². The number of fused-ring (bicyclic) bond motifs is 1. The molecule has 1 atom stereocenters. The Morgan fingerprint density at radius 3 is 3.12 bits per heavy atom. The molecule has 0 saturated carbocycles. The molecule has 0 spiro atoms. The molecule has 1 unspecified atom stereocenters. The van der Waals surface area contributed by atoms with Gasteiger partial charge in [0.1, 0.15) is 5.76 Å². The highest BCUT2D eigenvalue weighted by molar-refractivity contribution is 6.30. The number of furan rings is 1. The zero-order valence-electron chi connectivity index (χ0n) is 8.74. The molecule has 0 fully saturated rings. The largest absolute Gasteiger partial charge is 0.469 e. The lowest BCUT2D eigenvalue weighted by Gasteiger charge is -2.23. The predicted molar refractivity (Wildman–Crippen MR) is 63.7 cm³/mol. The first-order valence-corrected chi connectivity index (χ1v) is 5.77. The molecule has 0 aliphatic carbocycles. The highest BCUT2D eigenvalue weighted by Gasteiger charge is 2.23. The summed E-state index contributed by atoms with van der Waals surface area (Å²) < 4.78 is 5.46. The fourth-order valence-corrected chi connectivity index (χ4v) is 2.43. The van der Waals surface area contributed by atoms with Gasteiger partial charge < -0.3 is 9.73 Å². The normalized spacial score (nSPS) is 19.4. The quantitative estimate of drug-likeness (QED) is 0.819. The maximum atomic E-state index is 6.01. The molecular weight excluding hydrogens is 222 g/mol. The van der Waals surface area contributed by atoms with Crippen LogP contribution in [0.4, 0.5) is 0 Å². The van der Waals surface area contributed by atoms with Crippen molar-refractivity contribution in [1.82, 2.24) is 5.32 Å². The minimum Gasteiger partial charge on any atom is -0.469 e. The van der Waals surface area contributed by atoms with Gasteiger partial charge in [-0.1, -0.05) is 23.7 Å². The van der Waals surface area contributed by atoms with E-state index in [2.05, 4.69) is 11.4 Å². The van der Waals surface area contributed by atoms with Crippen molar-refractivity contribution in [1.29, 1.82) is 0 Å². The van der Waals surface area contributed by atoms with Crippen molar-refractivity contribution in [2.45, 2.75) is 12.5 Å². The molecule has 0 amide bonds. The van der Waals surface area contributed by atoms with E-state index in [0.29, 0.717) is 0 Å². The number of hydrogen-bond donors (Lipinski definition) is 1. The van der Waals surface area contributed by atoms with Crippen LogP contribution in [0, 0.1) is 0 Å². The average molecular weight is 234 g/mol. The molecule has 1 aromatic carbocycles. The molecule has 3 heteroatoms. The lowest BCUT2D eigenvalue weighted by atomic mass is 9.95. The second kappa shape index (κ2) is 3.96. The van der Waals surface area contributed by atoms with E-state index >= 15 is 0 Å². The van der Waals surface area contributed by atoms with Gasteiger partial charge in [0.25, 0.3) is 0 Å². The number of nitrogens with one attached hydrogen (secondary N) is 1. The lowest BCUT2D eigenvalue weighted by molar-refractivity contribution is 0.456. The van der Waals surface area contributed by atoms with Gasteiger partial charge in [-0.15, -0.1) is 0 Å². The maximum Gasteiger partial charge on any atom is 0.110 e. The van der Waals surface area contributed by atoms with Crippen LogP contribution in [0.5, 0.6) is 0 Å². The van der Waals surface area contributed by atoms with E-state index in [1.165, 1.54) is 11.1 Å². The fourth-order valence-electron chi connectivity index (χ4n) is 2.23. The summed E-state index contributed by atoms with van der Waals surface area (Å²) in [5.41, 5.74) is 2.42. The van der Waals surface area contributed by atoms with Crippen LogP contribution in [0.25, 0.3) is 0 Å². The van der Waals surface area contributed by atoms with Crippen LogP contribution in [0.1, 0.15) is 22.9 Å². The van der Waals surface area contributed by atoms with Gasteiger partial charge in [-0.3, -0.25) is 0 Å².